The number of sulfonamides is 1. The summed E-state index contributed by atoms with van der Waals surface area (Å²) in [5.74, 6) is -2.96. The number of fused-ring (bicyclic) bond motifs is 1. The molecule has 3 aromatic carbocycles. The number of alkyl halides is 2. The third kappa shape index (κ3) is 7.96. The molecule has 45 heavy (non-hydrogen) atoms. The maximum atomic E-state index is 13.6. The lowest BCUT2D eigenvalue weighted by molar-refractivity contribution is -0.0494. The molecule has 1 N–H and O–H groups in total. The first-order valence-electron chi connectivity index (χ1n) is 14.5. The van der Waals surface area contributed by atoms with Gasteiger partial charge in [0.2, 0.25) is 10.0 Å². The van der Waals surface area contributed by atoms with Gasteiger partial charge in [0, 0.05) is 56.4 Å². The molecule has 10 nitrogen and oxygen atoms in total. The zero-order valence-corrected chi connectivity index (χ0v) is 25.9. The first-order chi connectivity index (χ1) is 21.4. The van der Waals surface area contributed by atoms with E-state index in [1.165, 1.54) is 4.90 Å². The Labute approximate surface area is 260 Å². The largest absolute Gasteiger partial charge is 0.465 e. The summed E-state index contributed by atoms with van der Waals surface area (Å²) in [6.07, 6.45) is 0.935. The van der Waals surface area contributed by atoms with Crippen molar-refractivity contribution in [3.63, 3.8) is 0 Å². The van der Waals surface area contributed by atoms with Crippen molar-refractivity contribution in [3.05, 3.63) is 77.4 Å². The standard InChI is InChI=1S/C32H35F2N3O7S/c1-42-17-18-43-21-44-29-10-8-26(20-28(29)35-45(2,40)41)37-14-11-25-19-24(7-9-27(25)31(37)39)22-3-5-23(6-4-22)30(38)36-15-12-32(33,34)13-16-36/h3-10,19-20,35H,11-18,21H2,1-2H3. The van der Waals surface area contributed by atoms with Crippen molar-refractivity contribution < 1.29 is 41.0 Å². The Morgan fingerprint density at radius 2 is 1.67 bits per heavy atom. The number of hydrogen-bond donors (Lipinski definition) is 1. The summed E-state index contributed by atoms with van der Waals surface area (Å²) in [7, 11) is -2.09. The normalized spacial score (nSPS) is 16.3. The fraction of sp³-hybridized carbons (Fsp3) is 0.375. The Kier molecular flexibility index (Phi) is 9.70. The minimum Gasteiger partial charge on any atom is -0.465 e. The smallest absolute Gasteiger partial charge is 0.258 e. The van der Waals surface area contributed by atoms with Gasteiger partial charge in [0.05, 0.1) is 25.2 Å². The Balaban J connectivity index is 1.29. The summed E-state index contributed by atoms with van der Waals surface area (Å²) in [6.45, 7) is 1.01. The summed E-state index contributed by atoms with van der Waals surface area (Å²) in [4.78, 5) is 29.4. The minimum absolute atomic E-state index is 0.0289. The molecule has 0 radical (unpaired) electrons. The minimum atomic E-state index is -3.64. The SMILES string of the molecule is COCCOCOc1ccc(N2CCc3cc(-c4ccc(C(=O)N5CCC(F)(F)CC5)cc4)ccc3C2=O)cc1NS(C)(=O)=O. The number of ether oxygens (including phenoxy) is 3. The van der Waals surface area contributed by atoms with Gasteiger partial charge in [-0.15, -0.1) is 0 Å². The maximum Gasteiger partial charge on any atom is 0.258 e. The average Bonchev–Trinajstić information content (AvgIpc) is 3.00. The van der Waals surface area contributed by atoms with E-state index >= 15 is 0 Å². The number of hydrogen-bond acceptors (Lipinski definition) is 7. The molecule has 5 rings (SSSR count). The second-order valence-corrected chi connectivity index (χ2v) is 12.8. The molecule has 0 spiro atoms. The maximum absolute atomic E-state index is 13.6. The van der Waals surface area contributed by atoms with Crippen molar-refractivity contribution in [2.45, 2.75) is 25.2 Å². The van der Waals surface area contributed by atoms with Crippen LogP contribution in [0.2, 0.25) is 0 Å². The zero-order chi connectivity index (χ0) is 32.2. The summed E-state index contributed by atoms with van der Waals surface area (Å²) in [5, 5.41) is 0. The number of anilines is 2. The molecule has 0 aromatic heterocycles. The van der Waals surface area contributed by atoms with Gasteiger partial charge >= 0.3 is 0 Å². The average molecular weight is 644 g/mol. The van der Waals surface area contributed by atoms with Crippen LogP contribution in [-0.4, -0.2) is 84.1 Å². The summed E-state index contributed by atoms with van der Waals surface area (Å²) in [5.41, 5.74) is 4.25. The molecule has 3 aromatic rings. The van der Waals surface area contributed by atoms with Crippen molar-refractivity contribution in [1.29, 1.82) is 0 Å². The molecular weight excluding hydrogens is 608 g/mol. The van der Waals surface area contributed by atoms with E-state index in [-0.39, 0.29) is 56.0 Å². The first kappa shape index (κ1) is 32.3. The van der Waals surface area contributed by atoms with Crippen LogP contribution < -0.4 is 14.4 Å². The topological polar surface area (TPSA) is 114 Å². The van der Waals surface area contributed by atoms with E-state index in [0.717, 1.165) is 22.9 Å². The van der Waals surface area contributed by atoms with E-state index in [1.807, 2.05) is 24.3 Å². The van der Waals surface area contributed by atoms with Crippen LogP contribution in [0, 0.1) is 0 Å². The Bertz CT molecular complexity index is 1660. The predicted molar refractivity (Wildman–Crippen MR) is 166 cm³/mol. The number of amides is 2. The number of carbonyl (C=O) groups is 2. The monoisotopic (exact) mass is 643 g/mol. The Hall–Kier alpha value is -4.07. The molecule has 0 bridgehead atoms. The van der Waals surface area contributed by atoms with Gasteiger partial charge in [0.1, 0.15) is 5.75 Å². The van der Waals surface area contributed by atoms with E-state index in [9.17, 15) is 26.8 Å². The molecule has 0 aliphatic carbocycles. The van der Waals surface area contributed by atoms with Crippen LogP contribution in [-0.2, 0) is 25.9 Å². The number of methoxy groups -OCH3 is 1. The van der Waals surface area contributed by atoms with Gasteiger partial charge in [0.15, 0.2) is 6.79 Å². The van der Waals surface area contributed by atoms with Crippen molar-refractivity contribution in [2.24, 2.45) is 0 Å². The number of rotatable bonds is 11. The lowest BCUT2D eigenvalue weighted by atomic mass is 9.93. The van der Waals surface area contributed by atoms with Gasteiger partial charge in [-0.3, -0.25) is 14.3 Å². The van der Waals surface area contributed by atoms with Gasteiger partial charge in [-0.05, 0) is 59.5 Å². The highest BCUT2D eigenvalue weighted by Gasteiger charge is 2.35. The fourth-order valence-corrected chi connectivity index (χ4v) is 5.90. The van der Waals surface area contributed by atoms with Crippen LogP contribution in [0.3, 0.4) is 0 Å². The van der Waals surface area contributed by atoms with Crippen LogP contribution in [0.1, 0.15) is 39.1 Å². The second kappa shape index (κ2) is 13.5. The van der Waals surface area contributed by atoms with E-state index in [2.05, 4.69) is 4.72 Å². The van der Waals surface area contributed by atoms with Gasteiger partial charge < -0.3 is 24.0 Å². The Morgan fingerprint density at radius 3 is 2.36 bits per heavy atom. The van der Waals surface area contributed by atoms with Gasteiger partial charge in [-0.2, -0.15) is 0 Å². The number of halogens is 2. The molecule has 2 aliphatic rings. The molecule has 1 saturated heterocycles. The zero-order valence-electron chi connectivity index (χ0n) is 25.1. The lowest BCUT2D eigenvalue weighted by Crippen LogP contribution is -2.42. The highest BCUT2D eigenvalue weighted by Crippen LogP contribution is 2.34. The van der Waals surface area contributed by atoms with Crippen molar-refractivity contribution in [1.82, 2.24) is 4.90 Å². The summed E-state index contributed by atoms with van der Waals surface area (Å²) in [6, 6.07) is 17.4. The number of nitrogens with one attached hydrogen (secondary N) is 1. The molecule has 0 saturated carbocycles. The van der Waals surface area contributed by atoms with E-state index < -0.39 is 15.9 Å². The highest BCUT2D eigenvalue weighted by molar-refractivity contribution is 7.92. The van der Waals surface area contributed by atoms with Crippen LogP contribution >= 0.6 is 0 Å². The molecular formula is C32H35F2N3O7S. The number of likely N-dealkylation sites (tertiary alicyclic amines) is 1. The van der Waals surface area contributed by atoms with E-state index in [0.29, 0.717) is 43.0 Å². The van der Waals surface area contributed by atoms with Gasteiger partial charge in [-0.1, -0.05) is 24.3 Å². The third-order valence-corrected chi connectivity index (χ3v) is 8.32. The molecule has 2 amide bonds. The van der Waals surface area contributed by atoms with Crippen molar-refractivity contribution >= 4 is 33.2 Å². The molecule has 1 fully saturated rings. The quantitative estimate of drug-likeness (QED) is 0.236. The van der Waals surface area contributed by atoms with E-state index in [1.54, 1.807) is 48.4 Å². The van der Waals surface area contributed by atoms with Gasteiger partial charge in [0.25, 0.3) is 17.7 Å². The van der Waals surface area contributed by atoms with Crippen molar-refractivity contribution in [2.75, 3.05) is 62.6 Å². The lowest BCUT2D eigenvalue weighted by Gasteiger charge is -2.31. The molecule has 2 aliphatic heterocycles. The van der Waals surface area contributed by atoms with Crippen LogP contribution in [0.15, 0.2) is 60.7 Å². The molecule has 13 heteroatoms. The first-order valence-corrected chi connectivity index (χ1v) is 16.4. The number of piperidine rings is 1. The van der Waals surface area contributed by atoms with Crippen LogP contribution in [0.5, 0.6) is 5.75 Å². The van der Waals surface area contributed by atoms with E-state index in [4.69, 9.17) is 14.2 Å². The fourth-order valence-electron chi connectivity index (χ4n) is 5.34. The number of benzene rings is 3. The Morgan fingerprint density at radius 1 is 0.956 bits per heavy atom. The summed E-state index contributed by atoms with van der Waals surface area (Å²) >= 11 is 0. The van der Waals surface area contributed by atoms with Crippen LogP contribution in [0.25, 0.3) is 11.1 Å². The van der Waals surface area contributed by atoms with Crippen LogP contribution in [0.4, 0.5) is 20.2 Å². The number of carbonyl (C=O) groups excluding carboxylic acids is 2. The molecule has 0 atom stereocenters. The highest BCUT2D eigenvalue weighted by atomic mass is 32.2. The molecule has 240 valence electrons. The van der Waals surface area contributed by atoms with Gasteiger partial charge in [-0.25, -0.2) is 17.2 Å². The second-order valence-electron chi connectivity index (χ2n) is 11.0. The molecule has 2 heterocycles. The molecule has 0 unspecified atom stereocenters. The predicted octanol–water partition coefficient (Wildman–Crippen LogP) is 4.80. The van der Waals surface area contributed by atoms with Crippen molar-refractivity contribution in [3.8, 4) is 16.9 Å². The summed E-state index contributed by atoms with van der Waals surface area (Å²) < 4.78 is 69.4. The third-order valence-electron chi connectivity index (χ3n) is 7.73. The number of nitrogens with zero attached hydrogens (tertiary/aromatic N) is 2.